The number of amides is 1. The third-order valence-corrected chi connectivity index (χ3v) is 2.38. The van der Waals surface area contributed by atoms with Gasteiger partial charge in [-0.2, -0.15) is 0 Å². The molecule has 0 saturated heterocycles. The van der Waals surface area contributed by atoms with Crippen molar-refractivity contribution in [1.82, 2.24) is 4.90 Å². The van der Waals surface area contributed by atoms with E-state index in [2.05, 4.69) is 6.07 Å². The molecule has 3 nitrogen and oxygen atoms in total. The zero-order valence-corrected chi connectivity index (χ0v) is 9.28. The maximum Gasteiger partial charge on any atom is 0.286 e. The van der Waals surface area contributed by atoms with Crippen LogP contribution in [0.3, 0.4) is 0 Å². The summed E-state index contributed by atoms with van der Waals surface area (Å²) in [4.78, 5) is 22.7. The zero-order valence-electron chi connectivity index (χ0n) is 9.28. The van der Waals surface area contributed by atoms with Gasteiger partial charge in [-0.05, 0) is 25.0 Å². The average Bonchev–Trinajstić information content (AvgIpc) is 2.20. The summed E-state index contributed by atoms with van der Waals surface area (Å²) in [5, 5.41) is 0. The van der Waals surface area contributed by atoms with E-state index in [0.29, 0.717) is 12.8 Å². The molecule has 1 aromatic rings. The van der Waals surface area contributed by atoms with Crippen LogP contribution in [0.15, 0.2) is 18.2 Å². The lowest BCUT2D eigenvalue weighted by molar-refractivity contribution is -0.138. The lowest BCUT2D eigenvalue weighted by Gasteiger charge is -2.15. The van der Waals surface area contributed by atoms with Crippen molar-refractivity contribution in [3.63, 3.8) is 0 Å². The summed E-state index contributed by atoms with van der Waals surface area (Å²) in [5.41, 5.74) is 3.40. The van der Waals surface area contributed by atoms with Gasteiger partial charge in [-0.15, -0.1) is 0 Å². The highest BCUT2D eigenvalue weighted by Crippen LogP contribution is 2.12. The molecule has 1 rings (SSSR count). The van der Waals surface area contributed by atoms with E-state index < -0.39 is 5.91 Å². The van der Waals surface area contributed by atoms with Gasteiger partial charge in [0.2, 0.25) is 6.29 Å². The van der Waals surface area contributed by atoms with Crippen molar-refractivity contribution in [2.75, 3.05) is 7.05 Å². The van der Waals surface area contributed by atoms with Crippen molar-refractivity contribution in [2.24, 2.45) is 0 Å². The van der Waals surface area contributed by atoms with Gasteiger partial charge in [0.15, 0.2) is 0 Å². The Labute approximate surface area is 89.7 Å². The van der Waals surface area contributed by atoms with Crippen molar-refractivity contribution in [3.8, 4) is 0 Å². The first kappa shape index (κ1) is 11.4. The smallest absolute Gasteiger partial charge is 0.286 e. The number of hydrogen-bond acceptors (Lipinski definition) is 2. The van der Waals surface area contributed by atoms with Crippen molar-refractivity contribution in [1.29, 1.82) is 0 Å². The first-order chi connectivity index (χ1) is 7.04. The van der Waals surface area contributed by atoms with Gasteiger partial charge in [0.25, 0.3) is 5.91 Å². The van der Waals surface area contributed by atoms with Gasteiger partial charge in [0.1, 0.15) is 0 Å². The molecule has 0 aromatic heterocycles. The lowest BCUT2D eigenvalue weighted by atomic mass is 10.1. The molecule has 0 bridgehead atoms. The van der Waals surface area contributed by atoms with E-state index in [1.807, 2.05) is 26.0 Å². The van der Waals surface area contributed by atoms with Crippen LogP contribution < -0.4 is 0 Å². The summed E-state index contributed by atoms with van der Waals surface area (Å²) in [6.45, 7) is 4.50. The predicted octanol–water partition coefficient (Wildman–Crippen LogP) is 1.46. The van der Waals surface area contributed by atoms with Gasteiger partial charge in [-0.1, -0.05) is 23.8 Å². The Balaban J connectivity index is 2.81. The molecule has 0 atom stereocenters. The average molecular weight is 205 g/mol. The van der Waals surface area contributed by atoms with E-state index in [9.17, 15) is 9.59 Å². The molecule has 0 N–H and O–H groups in total. The molecule has 0 spiro atoms. The minimum atomic E-state index is -0.491. The Morgan fingerprint density at radius 2 is 2.07 bits per heavy atom. The van der Waals surface area contributed by atoms with Crippen LogP contribution in [0.5, 0.6) is 0 Å². The molecule has 0 fully saturated rings. The molecule has 0 saturated carbocycles. The quantitative estimate of drug-likeness (QED) is 0.553. The molecule has 80 valence electrons. The molecule has 0 aliphatic heterocycles. The Bertz CT molecular complexity index is 385. The van der Waals surface area contributed by atoms with Crippen LogP contribution in [-0.4, -0.2) is 24.1 Å². The number of aldehydes is 1. The molecular weight excluding hydrogens is 190 g/mol. The van der Waals surface area contributed by atoms with E-state index >= 15 is 0 Å². The van der Waals surface area contributed by atoms with Gasteiger partial charge in [0.05, 0.1) is 0 Å². The van der Waals surface area contributed by atoms with Crippen LogP contribution in [0.4, 0.5) is 0 Å². The molecule has 0 radical (unpaired) electrons. The van der Waals surface area contributed by atoms with Crippen LogP contribution in [0.25, 0.3) is 0 Å². The van der Waals surface area contributed by atoms with E-state index in [-0.39, 0.29) is 0 Å². The summed E-state index contributed by atoms with van der Waals surface area (Å²) >= 11 is 0. The number of carbonyl (C=O) groups excluding carboxylic acids is 2. The standard InChI is InChI=1S/C12H15NO2/c1-9-4-5-11(10(2)6-9)7-13(3)12(15)8-14/h4-6,8H,7H2,1-3H3. The molecule has 3 heteroatoms. The van der Waals surface area contributed by atoms with Crippen LogP contribution >= 0.6 is 0 Å². The van der Waals surface area contributed by atoms with Gasteiger partial charge >= 0.3 is 0 Å². The van der Waals surface area contributed by atoms with Crippen LogP contribution in [-0.2, 0) is 16.1 Å². The summed E-state index contributed by atoms with van der Waals surface area (Å²) in [6.07, 6.45) is 0.337. The van der Waals surface area contributed by atoms with E-state index in [1.54, 1.807) is 7.05 Å². The second-order valence-corrected chi connectivity index (χ2v) is 3.74. The highest BCUT2D eigenvalue weighted by Gasteiger charge is 2.08. The van der Waals surface area contributed by atoms with Gasteiger partial charge in [-0.3, -0.25) is 9.59 Å². The first-order valence-corrected chi connectivity index (χ1v) is 4.81. The largest absolute Gasteiger partial charge is 0.335 e. The fraction of sp³-hybridized carbons (Fsp3) is 0.333. The molecule has 0 aliphatic carbocycles. The highest BCUT2D eigenvalue weighted by atomic mass is 16.2. The van der Waals surface area contributed by atoms with Gasteiger partial charge < -0.3 is 4.90 Å². The Morgan fingerprint density at radius 1 is 1.40 bits per heavy atom. The number of likely N-dealkylation sites (N-methyl/N-ethyl adjacent to an activating group) is 1. The number of benzene rings is 1. The number of aryl methyl sites for hydroxylation is 2. The number of nitrogens with zero attached hydrogens (tertiary/aromatic N) is 1. The third-order valence-electron chi connectivity index (χ3n) is 2.38. The van der Waals surface area contributed by atoms with E-state index in [0.717, 1.165) is 11.1 Å². The van der Waals surface area contributed by atoms with Gasteiger partial charge in [0, 0.05) is 13.6 Å². The Morgan fingerprint density at radius 3 is 2.60 bits per heavy atom. The third kappa shape index (κ3) is 2.91. The monoisotopic (exact) mass is 205 g/mol. The molecule has 1 aromatic carbocycles. The number of rotatable bonds is 3. The minimum absolute atomic E-state index is 0.337. The van der Waals surface area contributed by atoms with E-state index in [4.69, 9.17) is 0 Å². The SMILES string of the molecule is Cc1ccc(CN(C)C(=O)C=O)c(C)c1. The molecular formula is C12H15NO2. The zero-order chi connectivity index (χ0) is 11.4. The molecule has 0 heterocycles. The lowest BCUT2D eigenvalue weighted by Crippen LogP contribution is -2.27. The van der Waals surface area contributed by atoms with Crippen molar-refractivity contribution >= 4 is 12.2 Å². The number of hydrogen-bond donors (Lipinski definition) is 0. The Hall–Kier alpha value is -1.64. The maximum atomic E-state index is 11.1. The summed E-state index contributed by atoms with van der Waals surface area (Å²) in [5.74, 6) is -0.491. The fourth-order valence-electron chi connectivity index (χ4n) is 1.45. The molecule has 15 heavy (non-hydrogen) atoms. The summed E-state index contributed by atoms with van der Waals surface area (Å²) in [7, 11) is 1.62. The Kier molecular flexibility index (Phi) is 3.61. The normalized spacial score (nSPS) is 9.80. The predicted molar refractivity (Wildman–Crippen MR) is 58.5 cm³/mol. The van der Waals surface area contributed by atoms with Crippen LogP contribution in [0.2, 0.25) is 0 Å². The number of carbonyl (C=O) groups is 2. The second-order valence-electron chi connectivity index (χ2n) is 3.74. The summed E-state index contributed by atoms with van der Waals surface area (Å²) in [6, 6.07) is 6.05. The van der Waals surface area contributed by atoms with Crippen molar-refractivity contribution < 1.29 is 9.59 Å². The minimum Gasteiger partial charge on any atom is -0.335 e. The van der Waals surface area contributed by atoms with E-state index in [1.165, 1.54) is 10.5 Å². The topological polar surface area (TPSA) is 37.4 Å². The van der Waals surface area contributed by atoms with Crippen molar-refractivity contribution in [2.45, 2.75) is 20.4 Å². The second kappa shape index (κ2) is 4.73. The fourth-order valence-corrected chi connectivity index (χ4v) is 1.45. The summed E-state index contributed by atoms with van der Waals surface area (Å²) < 4.78 is 0. The van der Waals surface area contributed by atoms with Crippen molar-refractivity contribution in [3.05, 3.63) is 34.9 Å². The molecule has 0 aliphatic rings. The first-order valence-electron chi connectivity index (χ1n) is 4.81. The van der Waals surface area contributed by atoms with Gasteiger partial charge in [-0.25, -0.2) is 0 Å². The highest BCUT2D eigenvalue weighted by molar-refractivity contribution is 6.23. The van der Waals surface area contributed by atoms with Crippen LogP contribution in [0.1, 0.15) is 16.7 Å². The van der Waals surface area contributed by atoms with Crippen LogP contribution in [0, 0.1) is 13.8 Å². The maximum absolute atomic E-state index is 11.1. The molecule has 0 unspecified atom stereocenters. The molecule has 1 amide bonds.